The van der Waals surface area contributed by atoms with Crippen molar-refractivity contribution in [2.24, 2.45) is 0 Å². The van der Waals surface area contributed by atoms with Crippen LogP contribution in [0.25, 0.3) is 0 Å². The van der Waals surface area contributed by atoms with E-state index in [-0.39, 0.29) is 0 Å². The molecule has 0 saturated heterocycles. The zero-order valence-corrected chi connectivity index (χ0v) is 12.4. The molecule has 1 aromatic rings. The van der Waals surface area contributed by atoms with E-state index in [9.17, 15) is 0 Å². The van der Waals surface area contributed by atoms with Crippen molar-refractivity contribution >= 4 is 0 Å². The highest BCUT2D eigenvalue weighted by molar-refractivity contribution is 5.15. The van der Waals surface area contributed by atoms with Crippen LogP contribution in [0, 0.1) is 0 Å². The predicted octanol–water partition coefficient (Wildman–Crippen LogP) is 2.89. The molecule has 0 amide bonds. The molecule has 0 aliphatic heterocycles. The first-order valence-electron chi connectivity index (χ1n) is 7.21. The van der Waals surface area contributed by atoms with Gasteiger partial charge in [-0.15, -0.1) is 0 Å². The topological polar surface area (TPSA) is 20.2 Å². The Labute approximate surface area is 112 Å². The average molecular weight is 251 g/mol. The van der Waals surface area contributed by atoms with Gasteiger partial charge in [0, 0.05) is 25.0 Å². The monoisotopic (exact) mass is 251 g/mol. The van der Waals surface area contributed by atoms with E-state index < -0.39 is 0 Å². The van der Waals surface area contributed by atoms with E-state index in [1.807, 2.05) is 0 Å². The Hall–Kier alpha value is -0.800. The Morgan fingerprint density at radius 2 is 2.11 bits per heavy atom. The predicted molar refractivity (Wildman–Crippen MR) is 78.9 cm³/mol. The number of aryl methyl sites for hydroxylation is 1. The summed E-state index contributed by atoms with van der Waals surface area (Å²) in [7, 11) is 4.26. The van der Waals surface area contributed by atoms with Crippen LogP contribution in [0.15, 0.2) is 18.5 Å². The molecule has 0 radical (unpaired) electrons. The fourth-order valence-corrected chi connectivity index (χ4v) is 2.30. The number of rotatable bonds is 9. The lowest BCUT2D eigenvalue weighted by Crippen LogP contribution is -2.20. The third-order valence-electron chi connectivity index (χ3n) is 3.23. The van der Waals surface area contributed by atoms with Gasteiger partial charge in [-0.25, -0.2) is 0 Å². The quantitative estimate of drug-likeness (QED) is 0.728. The molecule has 0 aliphatic carbocycles. The smallest absolute Gasteiger partial charge is 0.0335 e. The second-order valence-electron chi connectivity index (χ2n) is 5.24. The van der Waals surface area contributed by atoms with Gasteiger partial charge in [-0.1, -0.05) is 20.3 Å². The summed E-state index contributed by atoms with van der Waals surface area (Å²) in [6.07, 6.45) is 8.17. The van der Waals surface area contributed by atoms with Crippen molar-refractivity contribution in [2.75, 3.05) is 27.2 Å². The van der Waals surface area contributed by atoms with Crippen molar-refractivity contribution in [3.05, 3.63) is 24.0 Å². The molecule has 104 valence electrons. The van der Waals surface area contributed by atoms with Crippen molar-refractivity contribution in [3.63, 3.8) is 0 Å². The van der Waals surface area contributed by atoms with Crippen molar-refractivity contribution in [1.29, 1.82) is 0 Å². The van der Waals surface area contributed by atoms with E-state index in [4.69, 9.17) is 0 Å². The van der Waals surface area contributed by atoms with Crippen molar-refractivity contribution in [1.82, 2.24) is 14.8 Å². The van der Waals surface area contributed by atoms with Crippen LogP contribution in [-0.4, -0.2) is 36.7 Å². The summed E-state index contributed by atoms with van der Waals surface area (Å²) >= 11 is 0. The number of aromatic nitrogens is 1. The molecular formula is C15H29N3. The summed E-state index contributed by atoms with van der Waals surface area (Å²) in [4.78, 5) is 2.24. The maximum atomic E-state index is 3.57. The van der Waals surface area contributed by atoms with E-state index in [0.29, 0.717) is 6.04 Å². The highest BCUT2D eigenvalue weighted by Crippen LogP contribution is 2.18. The molecule has 0 aliphatic rings. The van der Waals surface area contributed by atoms with Crippen LogP contribution in [0.5, 0.6) is 0 Å². The molecule has 0 saturated carbocycles. The van der Waals surface area contributed by atoms with E-state index in [2.05, 4.69) is 61.2 Å². The lowest BCUT2D eigenvalue weighted by Gasteiger charge is -2.15. The number of hydrogen-bond acceptors (Lipinski definition) is 2. The van der Waals surface area contributed by atoms with E-state index in [1.165, 1.54) is 24.8 Å². The number of nitrogens with one attached hydrogen (secondary N) is 1. The maximum Gasteiger partial charge on any atom is 0.0335 e. The molecule has 0 fully saturated rings. The summed E-state index contributed by atoms with van der Waals surface area (Å²) in [6.45, 7) is 7.73. The first-order valence-corrected chi connectivity index (χ1v) is 7.21. The number of nitrogens with zero attached hydrogens (tertiary/aromatic N) is 2. The summed E-state index contributed by atoms with van der Waals surface area (Å²) in [5, 5.41) is 3.57. The van der Waals surface area contributed by atoms with Crippen LogP contribution in [0.3, 0.4) is 0 Å². The second kappa shape index (κ2) is 8.33. The molecule has 1 atom stereocenters. The van der Waals surface area contributed by atoms with Crippen LogP contribution < -0.4 is 5.32 Å². The largest absolute Gasteiger partial charge is 0.354 e. The van der Waals surface area contributed by atoms with Crippen molar-refractivity contribution in [2.45, 2.75) is 45.7 Å². The molecule has 1 heterocycles. The Morgan fingerprint density at radius 3 is 2.72 bits per heavy atom. The van der Waals surface area contributed by atoms with E-state index in [0.717, 1.165) is 19.6 Å². The highest BCUT2D eigenvalue weighted by atomic mass is 15.1. The lowest BCUT2D eigenvalue weighted by molar-refractivity contribution is 0.386. The van der Waals surface area contributed by atoms with Crippen molar-refractivity contribution in [3.8, 4) is 0 Å². The van der Waals surface area contributed by atoms with Crippen LogP contribution in [-0.2, 0) is 6.54 Å². The summed E-state index contributed by atoms with van der Waals surface area (Å²) in [6, 6.07) is 2.79. The van der Waals surface area contributed by atoms with Crippen LogP contribution in [0.2, 0.25) is 0 Å². The van der Waals surface area contributed by atoms with Gasteiger partial charge in [0.15, 0.2) is 0 Å². The van der Waals surface area contributed by atoms with Gasteiger partial charge in [0.05, 0.1) is 0 Å². The van der Waals surface area contributed by atoms with E-state index >= 15 is 0 Å². The second-order valence-corrected chi connectivity index (χ2v) is 5.24. The first-order chi connectivity index (χ1) is 8.67. The molecule has 1 unspecified atom stereocenters. The van der Waals surface area contributed by atoms with Gasteiger partial charge in [-0.2, -0.15) is 0 Å². The zero-order chi connectivity index (χ0) is 13.4. The summed E-state index contributed by atoms with van der Waals surface area (Å²) in [5.74, 6) is 0. The fraction of sp³-hybridized carbons (Fsp3) is 0.733. The molecule has 1 N–H and O–H groups in total. The van der Waals surface area contributed by atoms with Gasteiger partial charge in [-0.05, 0) is 51.7 Å². The van der Waals surface area contributed by atoms with Gasteiger partial charge in [0.2, 0.25) is 0 Å². The average Bonchev–Trinajstić information content (AvgIpc) is 2.77. The third kappa shape index (κ3) is 5.23. The minimum absolute atomic E-state index is 0.523. The maximum absolute atomic E-state index is 3.57. The molecule has 3 nitrogen and oxygen atoms in total. The Kier molecular flexibility index (Phi) is 7.06. The molecule has 0 spiro atoms. The van der Waals surface area contributed by atoms with Crippen molar-refractivity contribution < 1.29 is 0 Å². The van der Waals surface area contributed by atoms with Gasteiger partial charge < -0.3 is 14.8 Å². The normalized spacial score (nSPS) is 13.2. The summed E-state index contributed by atoms with van der Waals surface area (Å²) in [5.41, 5.74) is 1.43. The third-order valence-corrected chi connectivity index (χ3v) is 3.23. The molecule has 1 aromatic heterocycles. The first kappa shape index (κ1) is 15.3. The SMILES string of the molecule is CCCC(NCC)c1ccn(CCCN(C)C)c1. The molecule has 3 heteroatoms. The molecule has 0 bridgehead atoms. The van der Waals surface area contributed by atoms with Crippen LogP contribution >= 0.6 is 0 Å². The van der Waals surface area contributed by atoms with Gasteiger partial charge >= 0.3 is 0 Å². The zero-order valence-electron chi connectivity index (χ0n) is 12.4. The fourth-order valence-electron chi connectivity index (χ4n) is 2.30. The van der Waals surface area contributed by atoms with Crippen LogP contribution in [0.1, 0.15) is 44.7 Å². The highest BCUT2D eigenvalue weighted by Gasteiger charge is 2.10. The van der Waals surface area contributed by atoms with Crippen LogP contribution in [0.4, 0.5) is 0 Å². The molecule has 1 rings (SSSR count). The Balaban J connectivity index is 2.49. The molecule has 18 heavy (non-hydrogen) atoms. The molecular weight excluding hydrogens is 222 g/mol. The van der Waals surface area contributed by atoms with Gasteiger partial charge in [-0.3, -0.25) is 0 Å². The van der Waals surface area contributed by atoms with Gasteiger partial charge in [0.1, 0.15) is 0 Å². The number of hydrogen-bond donors (Lipinski definition) is 1. The Morgan fingerprint density at radius 1 is 1.33 bits per heavy atom. The lowest BCUT2D eigenvalue weighted by atomic mass is 10.1. The van der Waals surface area contributed by atoms with E-state index in [1.54, 1.807) is 0 Å². The van der Waals surface area contributed by atoms with Gasteiger partial charge in [0.25, 0.3) is 0 Å². The standard InChI is InChI=1S/C15H29N3/c1-5-8-15(16-6-2)14-9-12-18(13-14)11-7-10-17(3)4/h9,12-13,15-16H,5-8,10-11H2,1-4H3. The summed E-state index contributed by atoms with van der Waals surface area (Å²) < 4.78 is 2.32. The molecule has 0 aromatic carbocycles. The minimum atomic E-state index is 0.523. The minimum Gasteiger partial charge on any atom is -0.354 e. The Bertz CT molecular complexity index is 311.